The number of rotatable bonds is 3. The molecule has 5 nitrogen and oxygen atoms in total. The predicted molar refractivity (Wildman–Crippen MR) is 54.0 cm³/mol. The standard InChI is InChI=1S/C7H3F2IN2O3/c8-6(9)5-4(12(14)15)1-3(2-13)7(10)11-5/h1-2,6H. The lowest BCUT2D eigenvalue weighted by Crippen LogP contribution is -2.03. The maximum Gasteiger partial charge on any atom is 0.297 e. The van der Waals surface area contributed by atoms with E-state index in [-0.39, 0.29) is 9.26 Å². The summed E-state index contributed by atoms with van der Waals surface area (Å²) in [7, 11) is 0. The van der Waals surface area contributed by atoms with Crippen LogP contribution in [-0.4, -0.2) is 16.2 Å². The summed E-state index contributed by atoms with van der Waals surface area (Å²) >= 11 is 1.56. The van der Waals surface area contributed by atoms with E-state index in [0.717, 1.165) is 6.07 Å². The molecule has 0 N–H and O–H groups in total. The summed E-state index contributed by atoms with van der Waals surface area (Å²) in [6, 6.07) is 0.795. The lowest BCUT2D eigenvalue weighted by Gasteiger charge is -2.02. The Labute approximate surface area is 95.8 Å². The second-order valence-electron chi connectivity index (χ2n) is 2.45. The van der Waals surface area contributed by atoms with E-state index in [1.165, 1.54) is 0 Å². The lowest BCUT2D eigenvalue weighted by atomic mass is 10.2. The monoisotopic (exact) mass is 328 g/mol. The van der Waals surface area contributed by atoms with E-state index < -0.39 is 22.7 Å². The molecule has 0 radical (unpaired) electrons. The van der Waals surface area contributed by atoms with Crippen LogP contribution in [0, 0.1) is 13.8 Å². The number of aldehydes is 1. The number of carbonyl (C=O) groups is 1. The van der Waals surface area contributed by atoms with Crippen LogP contribution in [0.5, 0.6) is 0 Å². The van der Waals surface area contributed by atoms with E-state index >= 15 is 0 Å². The van der Waals surface area contributed by atoms with Crippen molar-refractivity contribution in [1.82, 2.24) is 4.98 Å². The van der Waals surface area contributed by atoms with Gasteiger partial charge in [-0.2, -0.15) is 0 Å². The molecule has 80 valence electrons. The van der Waals surface area contributed by atoms with E-state index in [0.29, 0.717) is 6.29 Å². The van der Waals surface area contributed by atoms with Crippen molar-refractivity contribution in [3.63, 3.8) is 0 Å². The number of pyridine rings is 1. The zero-order valence-electron chi connectivity index (χ0n) is 6.99. The summed E-state index contributed by atoms with van der Waals surface area (Å²) < 4.78 is 24.7. The predicted octanol–water partition coefficient (Wildman–Crippen LogP) is 2.34. The van der Waals surface area contributed by atoms with Crippen LogP contribution in [0.1, 0.15) is 22.5 Å². The summed E-state index contributed by atoms with van der Waals surface area (Å²) in [4.78, 5) is 23.2. The first-order valence-electron chi connectivity index (χ1n) is 3.55. The fraction of sp³-hybridized carbons (Fsp3) is 0.143. The Morgan fingerprint density at radius 2 is 2.20 bits per heavy atom. The van der Waals surface area contributed by atoms with E-state index in [4.69, 9.17) is 0 Å². The van der Waals surface area contributed by atoms with Gasteiger partial charge in [0.05, 0.1) is 10.5 Å². The van der Waals surface area contributed by atoms with Crippen molar-refractivity contribution in [2.45, 2.75) is 6.43 Å². The highest BCUT2D eigenvalue weighted by molar-refractivity contribution is 14.1. The van der Waals surface area contributed by atoms with Crippen molar-refractivity contribution in [3.8, 4) is 0 Å². The Morgan fingerprint density at radius 3 is 2.60 bits per heavy atom. The number of nitro groups is 1. The molecule has 0 aromatic carbocycles. The molecule has 1 aromatic rings. The van der Waals surface area contributed by atoms with Gasteiger partial charge < -0.3 is 0 Å². The highest BCUT2D eigenvalue weighted by Crippen LogP contribution is 2.28. The number of alkyl halides is 2. The number of nitrogens with zero attached hydrogens (tertiary/aromatic N) is 2. The van der Waals surface area contributed by atoms with Gasteiger partial charge in [0.25, 0.3) is 12.1 Å². The largest absolute Gasteiger partial charge is 0.298 e. The van der Waals surface area contributed by atoms with Gasteiger partial charge in [-0.25, -0.2) is 13.8 Å². The minimum Gasteiger partial charge on any atom is -0.298 e. The highest BCUT2D eigenvalue weighted by Gasteiger charge is 2.25. The van der Waals surface area contributed by atoms with Crippen LogP contribution in [0.25, 0.3) is 0 Å². The Bertz CT molecular complexity index is 425. The normalized spacial score (nSPS) is 10.4. The first-order valence-corrected chi connectivity index (χ1v) is 4.63. The molecule has 0 unspecified atom stereocenters. The molecular weight excluding hydrogens is 325 g/mol. The van der Waals surface area contributed by atoms with Gasteiger partial charge in [-0.05, 0) is 22.6 Å². The van der Waals surface area contributed by atoms with E-state index in [2.05, 4.69) is 4.98 Å². The van der Waals surface area contributed by atoms with Crippen molar-refractivity contribution < 1.29 is 18.5 Å². The van der Waals surface area contributed by atoms with Crippen LogP contribution >= 0.6 is 22.6 Å². The average Bonchev–Trinajstić information content (AvgIpc) is 2.16. The topological polar surface area (TPSA) is 73.1 Å². The molecule has 1 heterocycles. The lowest BCUT2D eigenvalue weighted by molar-refractivity contribution is -0.386. The minimum absolute atomic E-state index is 0.0171. The summed E-state index contributed by atoms with van der Waals surface area (Å²) in [6.07, 6.45) is -2.71. The Hall–Kier alpha value is -1.19. The van der Waals surface area contributed by atoms with Gasteiger partial charge in [0, 0.05) is 6.07 Å². The van der Waals surface area contributed by atoms with Crippen LogP contribution in [-0.2, 0) is 0 Å². The summed E-state index contributed by atoms with van der Waals surface area (Å²) in [5, 5.41) is 10.4. The fourth-order valence-electron chi connectivity index (χ4n) is 0.898. The fourth-order valence-corrected chi connectivity index (χ4v) is 1.44. The quantitative estimate of drug-likeness (QED) is 0.281. The zero-order chi connectivity index (χ0) is 11.6. The average molecular weight is 328 g/mol. The summed E-state index contributed by atoms with van der Waals surface area (Å²) in [5.74, 6) is 0. The molecule has 8 heteroatoms. The molecule has 0 spiro atoms. The third kappa shape index (κ3) is 2.43. The number of halogens is 3. The van der Waals surface area contributed by atoms with Crippen LogP contribution in [0.2, 0.25) is 0 Å². The van der Waals surface area contributed by atoms with Crippen LogP contribution in [0.3, 0.4) is 0 Å². The molecular formula is C7H3F2IN2O3. The molecule has 0 aliphatic rings. The summed E-state index contributed by atoms with van der Waals surface area (Å²) in [6.45, 7) is 0. The van der Waals surface area contributed by atoms with Crippen LogP contribution in [0.4, 0.5) is 14.5 Å². The molecule has 0 aliphatic carbocycles. The Kier molecular flexibility index (Phi) is 3.61. The maximum absolute atomic E-state index is 12.3. The van der Waals surface area contributed by atoms with Gasteiger partial charge >= 0.3 is 0 Å². The minimum atomic E-state index is -3.04. The first-order chi connectivity index (χ1) is 6.97. The van der Waals surface area contributed by atoms with E-state index in [1.807, 2.05) is 0 Å². The number of hydrogen-bond donors (Lipinski definition) is 0. The van der Waals surface area contributed by atoms with Gasteiger partial charge in [-0.15, -0.1) is 0 Å². The molecule has 0 amide bonds. The molecule has 1 aromatic heterocycles. The van der Waals surface area contributed by atoms with E-state index in [1.54, 1.807) is 22.6 Å². The number of carbonyl (C=O) groups excluding carboxylic acids is 1. The first kappa shape index (κ1) is 11.9. The van der Waals surface area contributed by atoms with Gasteiger partial charge in [0.15, 0.2) is 12.0 Å². The van der Waals surface area contributed by atoms with Crippen molar-refractivity contribution >= 4 is 34.6 Å². The molecule has 0 fully saturated rings. The number of hydrogen-bond acceptors (Lipinski definition) is 4. The van der Waals surface area contributed by atoms with Gasteiger partial charge in [-0.3, -0.25) is 14.9 Å². The van der Waals surface area contributed by atoms with Crippen molar-refractivity contribution in [3.05, 3.63) is 31.1 Å². The van der Waals surface area contributed by atoms with Crippen LogP contribution < -0.4 is 0 Å². The second-order valence-corrected chi connectivity index (χ2v) is 3.47. The van der Waals surface area contributed by atoms with Gasteiger partial charge in [0.2, 0.25) is 0 Å². The van der Waals surface area contributed by atoms with Gasteiger partial charge in [-0.1, -0.05) is 0 Å². The van der Waals surface area contributed by atoms with Crippen molar-refractivity contribution in [2.75, 3.05) is 0 Å². The molecule has 0 bridgehead atoms. The van der Waals surface area contributed by atoms with Crippen LogP contribution in [0.15, 0.2) is 6.07 Å². The molecule has 1 rings (SSSR count). The third-order valence-corrected chi connectivity index (χ3v) is 2.41. The second kappa shape index (κ2) is 4.55. The van der Waals surface area contributed by atoms with Crippen molar-refractivity contribution in [1.29, 1.82) is 0 Å². The van der Waals surface area contributed by atoms with Gasteiger partial charge in [0.1, 0.15) is 3.70 Å². The Balaban J connectivity index is 3.45. The summed E-state index contributed by atoms with van der Waals surface area (Å²) in [5.41, 5.74) is -1.84. The van der Waals surface area contributed by atoms with Crippen molar-refractivity contribution in [2.24, 2.45) is 0 Å². The molecule has 0 saturated heterocycles. The smallest absolute Gasteiger partial charge is 0.297 e. The molecule has 0 saturated carbocycles. The molecule has 0 aliphatic heterocycles. The Morgan fingerprint density at radius 1 is 1.60 bits per heavy atom. The zero-order valence-corrected chi connectivity index (χ0v) is 9.14. The SMILES string of the molecule is O=Cc1cc([N+](=O)[O-])c(C(F)F)nc1I. The molecule has 15 heavy (non-hydrogen) atoms. The molecule has 0 atom stereocenters. The maximum atomic E-state index is 12.3. The third-order valence-electron chi connectivity index (χ3n) is 1.54. The number of aromatic nitrogens is 1. The van der Waals surface area contributed by atoms with E-state index in [9.17, 15) is 23.7 Å². The highest BCUT2D eigenvalue weighted by atomic mass is 127.